The molecule has 0 aliphatic rings. The molecule has 0 fully saturated rings. The van der Waals surface area contributed by atoms with Gasteiger partial charge in [-0.1, -0.05) is 25.1 Å². The summed E-state index contributed by atoms with van der Waals surface area (Å²) in [5.41, 5.74) is 1.76. The number of hydrogen-bond donors (Lipinski definition) is 2. The van der Waals surface area contributed by atoms with E-state index >= 15 is 0 Å². The summed E-state index contributed by atoms with van der Waals surface area (Å²) >= 11 is 0. The molecular formula is C15H19NO3. The Kier molecular flexibility index (Phi) is 5.79. The van der Waals surface area contributed by atoms with Crippen LogP contribution in [0.3, 0.4) is 0 Å². The second kappa shape index (κ2) is 7.36. The molecule has 0 aromatic heterocycles. The van der Waals surface area contributed by atoms with Gasteiger partial charge in [-0.05, 0) is 36.6 Å². The van der Waals surface area contributed by atoms with Crippen LogP contribution in [0.1, 0.15) is 43.9 Å². The van der Waals surface area contributed by atoms with Crippen molar-refractivity contribution < 1.29 is 14.7 Å². The summed E-state index contributed by atoms with van der Waals surface area (Å²) < 4.78 is 0. The summed E-state index contributed by atoms with van der Waals surface area (Å²) in [4.78, 5) is 22.0. The van der Waals surface area contributed by atoms with Crippen LogP contribution in [0, 0.1) is 0 Å². The molecule has 1 rings (SSSR count). The highest BCUT2D eigenvalue weighted by molar-refractivity contribution is 5.85. The number of carbonyl (C=O) groups excluding carboxylic acids is 1. The average molecular weight is 261 g/mol. The van der Waals surface area contributed by atoms with Gasteiger partial charge in [-0.2, -0.15) is 0 Å². The molecule has 2 N–H and O–H groups in total. The Labute approximate surface area is 113 Å². The second-order valence-electron chi connectivity index (χ2n) is 4.38. The normalized spacial score (nSPS) is 12.3. The van der Waals surface area contributed by atoms with Crippen LogP contribution in [0.4, 0.5) is 0 Å². The predicted molar refractivity (Wildman–Crippen MR) is 74.6 cm³/mol. The lowest BCUT2D eigenvalue weighted by Gasteiger charge is -2.14. The number of nitrogens with one attached hydrogen (secondary N) is 1. The number of carboxylic acid groups (broad SMARTS) is 1. The molecule has 4 nitrogen and oxygen atoms in total. The van der Waals surface area contributed by atoms with Gasteiger partial charge in [0.2, 0.25) is 5.91 Å². The fourth-order valence-corrected chi connectivity index (χ4v) is 1.72. The van der Waals surface area contributed by atoms with Gasteiger partial charge in [-0.15, -0.1) is 0 Å². The number of carbonyl (C=O) groups is 2. The van der Waals surface area contributed by atoms with Crippen molar-refractivity contribution in [1.82, 2.24) is 5.32 Å². The van der Waals surface area contributed by atoms with E-state index in [4.69, 9.17) is 5.11 Å². The molecule has 1 aromatic rings. The lowest BCUT2D eigenvalue weighted by Crippen LogP contribution is -2.26. The predicted octanol–water partition coefficient (Wildman–Crippen LogP) is 2.76. The van der Waals surface area contributed by atoms with Crippen molar-refractivity contribution in [2.75, 3.05) is 0 Å². The number of aliphatic carboxylic acids is 1. The minimum atomic E-state index is -0.977. The summed E-state index contributed by atoms with van der Waals surface area (Å²) in [6.07, 6.45) is 3.97. The first-order valence-corrected chi connectivity index (χ1v) is 6.33. The largest absolute Gasteiger partial charge is 0.478 e. The zero-order valence-electron chi connectivity index (χ0n) is 11.2. The van der Waals surface area contributed by atoms with E-state index in [0.29, 0.717) is 6.42 Å². The highest BCUT2D eigenvalue weighted by Crippen LogP contribution is 2.15. The maximum Gasteiger partial charge on any atom is 0.328 e. The van der Waals surface area contributed by atoms with E-state index in [9.17, 15) is 9.59 Å². The summed E-state index contributed by atoms with van der Waals surface area (Å²) in [5.74, 6) is -0.948. The molecule has 0 heterocycles. The highest BCUT2D eigenvalue weighted by atomic mass is 16.4. The minimum absolute atomic E-state index is 0.0291. The maximum absolute atomic E-state index is 11.5. The van der Waals surface area contributed by atoms with E-state index in [1.807, 2.05) is 38.1 Å². The first-order chi connectivity index (χ1) is 9.02. The van der Waals surface area contributed by atoms with Gasteiger partial charge in [0.25, 0.3) is 0 Å². The van der Waals surface area contributed by atoms with Crippen molar-refractivity contribution in [2.24, 2.45) is 0 Å². The van der Waals surface area contributed by atoms with Gasteiger partial charge in [0.15, 0.2) is 0 Å². The van der Waals surface area contributed by atoms with Gasteiger partial charge in [0.05, 0.1) is 6.04 Å². The van der Waals surface area contributed by atoms with E-state index in [-0.39, 0.29) is 11.9 Å². The van der Waals surface area contributed by atoms with Gasteiger partial charge in [-0.3, -0.25) is 4.79 Å². The molecule has 0 saturated carbocycles. The van der Waals surface area contributed by atoms with Crippen molar-refractivity contribution in [3.05, 3.63) is 41.5 Å². The number of hydrogen-bond acceptors (Lipinski definition) is 2. The standard InChI is InChI=1S/C15H19NO3/c1-3-5-14(17)16-11(2)13-7-4-6-12(10-13)8-9-15(18)19/h4,6-11H,3,5H2,1-2H3,(H,16,17)(H,18,19)/b9-8+. The van der Waals surface area contributed by atoms with E-state index in [1.165, 1.54) is 6.08 Å². The molecular weight excluding hydrogens is 242 g/mol. The maximum atomic E-state index is 11.5. The molecule has 1 atom stereocenters. The van der Waals surface area contributed by atoms with Crippen LogP contribution >= 0.6 is 0 Å². The van der Waals surface area contributed by atoms with Crippen molar-refractivity contribution in [1.29, 1.82) is 0 Å². The Morgan fingerprint density at radius 3 is 2.79 bits per heavy atom. The quantitative estimate of drug-likeness (QED) is 0.774. The molecule has 102 valence electrons. The first kappa shape index (κ1) is 15.0. The SMILES string of the molecule is CCCC(=O)NC(C)c1cccc(/C=C/C(=O)O)c1. The van der Waals surface area contributed by atoms with Crippen molar-refractivity contribution in [3.63, 3.8) is 0 Å². The smallest absolute Gasteiger partial charge is 0.328 e. The summed E-state index contributed by atoms with van der Waals surface area (Å²) in [6, 6.07) is 7.37. The third-order valence-corrected chi connectivity index (χ3v) is 2.68. The van der Waals surface area contributed by atoms with E-state index in [2.05, 4.69) is 5.32 Å². The number of rotatable bonds is 6. The number of benzene rings is 1. The van der Waals surface area contributed by atoms with Crippen LogP contribution in [0.25, 0.3) is 6.08 Å². The zero-order valence-corrected chi connectivity index (χ0v) is 11.2. The van der Waals surface area contributed by atoms with Gasteiger partial charge in [0, 0.05) is 12.5 Å². The molecule has 1 unspecified atom stereocenters. The van der Waals surface area contributed by atoms with E-state index < -0.39 is 5.97 Å². The van der Waals surface area contributed by atoms with Crippen LogP contribution in [0.5, 0.6) is 0 Å². The van der Waals surface area contributed by atoms with Crippen molar-refractivity contribution in [2.45, 2.75) is 32.7 Å². The molecule has 19 heavy (non-hydrogen) atoms. The fourth-order valence-electron chi connectivity index (χ4n) is 1.72. The molecule has 0 spiro atoms. The average Bonchev–Trinajstić information content (AvgIpc) is 2.37. The third kappa shape index (κ3) is 5.38. The van der Waals surface area contributed by atoms with Crippen LogP contribution in [0.2, 0.25) is 0 Å². The number of carboxylic acids is 1. The summed E-state index contributed by atoms with van der Waals surface area (Å²) in [7, 11) is 0. The Bertz CT molecular complexity index is 480. The zero-order chi connectivity index (χ0) is 14.3. The first-order valence-electron chi connectivity index (χ1n) is 6.33. The topological polar surface area (TPSA) is 66.4 Å². The van der Waals surface area contributed by atoms with Crippen LogP contribution in [0.15, 0.2) is 30.3 Å². The highest BCUT2D eigenvalue weighted by Gasteiger charge is 2.08. The van der Waals surface area contributed by atoms with E-state index in [1.54, 1.807) is 0 Å². The van der Waals surface area contributed by atoms with Gasteiger partial charge in [0.1, 0.15) is 0 Å². The van der Waals surface area contributed by atoms with Crippen LogP contribution in [-0.2, 0) is 9.59 Å². The third-order valence-electron chi connectivity index (χ3n) is 2.68. The lowest BCUT2D eigenvalue weighted by molar-refractivity contribution is -0.131. The molecule has 0 bridgehead atoms. The summed E-state index contributed by atoms with van der Waals surface area (Å²) in [6.45, 7) is 3.87. The second-order valence-corrected chi connectivity index (χ2v) is 4.38. The lowest BCUT2D eigenvalue weighted by atomic mass is 10.0. The molecule has 0 aliphatic heterocycles. The monoisotopic (exact) mass is 261 g/mol. The molecule has 1 aromatic carbocycles. The Balaban J connectivity index is 2.75. The number of amides is 1. The van der Waals surface area contributed by atoms with Crippen molar-refractivity contribution in [3.8, 4) is 0 Å². The van der Waals surface area contributed by atoms with Gasteiger partial charge >= 0.3 is 5.97 Å². The van der Waals surface area contributed by atoms with Crippen molar-refractivity contribution >= 4 is 18.0 Å². The molecule has 0 radical (unpaired) electrons. The van der Waals surface area contributed by atoms with E-state index in [0.717, 1.165) is 23.6 Å². The fraction of sp³-hybridized carbons (Fsp3) is 0.333. The van der Waals surface area contributed by atoms with Gasteiger partial charge in [-0.25, -0.2) is 4.79 Å². The Morgan fingerprint density at radius 2 is 2.16 bits per heavy atom. The minimum Gasteiger partial charge on any atom is -0.478 e. The molecule has 4 heteroatoms. The molecule has 0 saturated heterocycles. The Hall–Kier alpha value is -2.10. The molecule has 0 aliphatic carbocycles. The Morgan fingerprint density at radius 1 is 1.42 bits per heavy atom. The van der Waals surface area contributed by atoms with Gasteiger partial charge < -0.3 is 10.4 Å². The summed E-state index contributed by atoms with van der Waals surface area (Å²) in [5, 5.41) is 11.5. The van der Waals surface area contributed by atoms with Crippen LogP contribution in [-0.4, -0.2) is 17.0 Å². The molecule has 1 amide bonds. The van der Waals surface area contributed by atoms with Crippen LogP contribution < -0.4 is 5.32 Å².